The zero-order valence-corrected chi connectivity index (χ0v) is 14.1. The average molecular weight is 344 g/mol. The summed E-state index contributed by atoms with van der Waals surface area (Å²) in [4.78, 5) is 16.4. The van der Waals surface area contributed by atoms with E-state index in [1.807, 2.05) is 0 Å². The van der Waals surface area contributed by atoms with Gasteiger partial charge in [-0.05, 0) is 5.92 Å². The van der Waals surface area contributed by atoms with E-state index < -0.39 is 5.79 Å². The molecule has 0 aliphatic rings. The highest BCUT2D eigenvalue weighted by Crippen LogP contribution is 2.23. The molecule has 6 N–H and O–H groups in total. The predicted molar refractivity (Wildman–Crippen MR) is 89.7 cm³/mol. The van der Waals surface area contributed by atoms with Crippen molar-refractivity contribution in [3.8, 4) is 0 Å². The maximum absolute atomic E-state index is 9.90. The lowest BCUT2D eigenvalue weighted by atomic mass is 10.1. The van der Waals surface area contributed by atoms with Gasteiger partial charge in [0.15, 0.2) is 17.0 Å². The summed E-state index contributed by atoms with van der Waals surface area (Å²) < 4.78 is 0. The van der Waals surface area contributed by atoms with Crippen LogP contribution in [0.3, 0.4) is 0 Å². The molecule has 23 heavy (non-hydrogen) atoms. The van der Waals surface area contributed by atoms with Crippen molar-refractivity contribution in [2.45, 2.75) is 33.0 Å². The Kier molecular flexibility index (Phi) is 6.39. The standard InChI is InChI=1S/C13H21N7O2.ClH/c1-4-13(21,22)8-6-15-10-9(17-8)11(19-12(14)18-10)20-16-5-7(2)3;/h6-7,16,21-22H,4-5H2,1-3H3,(H3,14,15,18,19,20);1H. The van der Waals surface area contributed by atoms with E-state index in [0.717, 1.165) is 0 Å². The number of anilines is 2. The summed E-state index contributed by atoms with van der Waals surface area (Å²) in [6.45, 7) is 6.46. The fraction of sp³-hybridized carbons (Fsp3) is 0.538. The lowest BCUT2D eigenvalue weighted by Gasteiger charge is -2.19. The third-order valence-electron chi connectivity index (χ3n) is 3.04. The SMILES string of the molecule is CCC(O)(O)c1cnc2nc(N)nc(NNCC(C)C)c2n1.Cl. The Hall–Kier alpha value is -1.81. The van der Waals surface area contributed by atoms with Gasteiger partial charge in [0.25, 0.3) is 0 Å². The van der Waals surface area contributed by atoms with Crippen molar-refractivity contribution >= 4 is 35.3 Å². The van der Waals surface area contributed by atoms with Crippen LogP contribution < -0.4 is 16.6 Å². The van der Waals surface area contributed by atoms with Crippen LogP contribution in [0.25, 0.3) is 11.2 Å². The maximum Gasteiger partial charge on any atom is 0.224 e. The Morgan fingerprint density at radius 2 is 1.96 bits per heavy atom. The number of nitrogen functional groups attached to an aromatic ring is 1. The molecule has 0 saturated heterocycles. The van der Waals surface area contributed by atoms with E-state index in [1.165, 1.54) is 6.20 Å². The molecule has 0 radical (unpaired) electrons. The van der Waals surface area contributed by atoms with Crippen LogP contribution in [0.15, 0.2) is 6.20 Å². The third kappa shape index (κ3) is 4.58. The van der Waals surface area contributed by atoms with Gasteiger partial charge in [-0.3, -0.25) is 0 Å². The molecule has 2 aromatic heterocycles. The molecule has 0 saturated carbocycles. The number of halogens is 1. The van der Waals surface area contributed by atoms with Gasteiger partial charge in [0.1, 0.15) is 5.69 Å². The highest BCUT2D eigenvalue weighted by molar-refractivity contribution is 5.85. The molecule has 10 heteroatoms. The smallest absolute Gasteiger partial charge is 0.224 e. The van der Waals surface area contributed by atoms with Gasteiger partial charge in [-0.25, -0.2) is 15.4 Å². The van der Waals surface area contributed by atoms with Crippen LogP contribution in [0.1, 0.15) is 32.9 Å². The molecule has 2 rings (SSSR count). The summed E-state index contributed by atoms with van der Waals surface area (Å²) in [5, 5.41) is 19.8. The number of aromatic nitrogens is 4. The molecule has 0 aliphatic heterocycles. The van der Waals surface area contributed by atoms with Crippen LogP contribution in [0.2, 0.25) is 0 Å². The van der Waals surface area contributed by atoms with E-state index in [4.69, 9.17) is 5.73 Å². The molecule has 0 bridgehead atoms. The first-order valence-corrected chi connectivity index (χ1v) is 7.08. The van der Waals surface area contributed by atoms with Crippen LogP contribution in [-0.4, -0.2) is 36.7 Å². The van der Waals surface area contributed by atoms with E-state index >= 15 is 0 Å². The first-order chi connectivity index (χ1) is 10.3. The van der Waals surface area contributed by atoms with E-state index in [2.05, 4.69) is 44.6 Å². The molecule has 0 aromatic carbocycles. The first kappa shape index (κ1) is 19.2. The Balaban J connectivity index is 0.00000264. The van der Waals surface area contributed by atoms with E-state index in [1.54, 1.807) is 6.92 Å². The summed E-state index contributed by atoms with van der Waals surface area (Å²) in [5.74, 6) is -1.23. The van der Waals surface area contributed by atoms with Crippen molar-refractivity contribution in [2.24, 2.45) is 5.92 Å². The van der Waals surface area contributed by atoms with Gasteiger partial charge >= 0.3 is 0 Å². The topological polar surface area (TPSA) is 142 Å². The van der Waals surface area contributed by atoms with Crippen molar-refractivity contribution in [1.29, 1.82) is 0 Å². The maximum atomic E-state index is 9.90. The molecule has 2 aromatic rings. The number of aliphatic hydroxyl groups is 2. The second-order valence-corrected chi connectivity index (χ2v) is 5.43. The summed E-state index contributed by atoms with van der Waals surface area (Å²) in [5.41, 5.74) is 12.2. The largest absolute Gasteiger partial charge is 0.368 e. The minimum Gasteiger partial charge on any atom is -0.368 e. The Morgan fingerprint density at radius 1 is 1.26 bits per heavy atom. The van der Waals surface area contributed by atoms with Crippen molar-refractivity contribution in [1.82, 2.24) is 25.4 Å². The minimum atomic E-state index is -2.05. The molecule has 9 nitrogen and oxygen atoms in total. The second kappa shape index (κ2) is 7.64. The van der Waals surface area contributed by atoms with E-state index in [-0.39, 0.29) is 36.1 Å². The number of fused-ring (bicyclic) bond motifs is 1. The quantitative estimate of drug-likeness (QED) is 0.375. The number of nitrogens with two attached hydrogens (primary N) is 1. The van der Waals surface area contributed by atoms with Gasteiger partial charge in [0.05, 0.1) is 6.20 Å². The van der Waals surface area contributed by atoms with Crippen molar-refractivity contribution in [2.75, 3.05) is 17.7 Å². The van der Waals surface area contributed by atoms with Crippen LogP contribution in [-0.2, 0) is 5.79 Å². The lowest BCUT2D eigenvalue weighted by molar-refractivity contribution is -0.174. The number of nitrogens with zero attached hydrogens (tertiary/aromatic N) is 4. The molecule has 2 heterocycles. The Labute approximate surface area is 140 Å². The van der Waals surface area contributed by atoms with Gasteiger partial charge in [0, 0.05) is 13.0 Å². The summed E-state index contributed by atoms with van der Waals surface area (Å²) in [7, 11) is 0. The second-order valence-electron chi connectivity index (χ2n) is 5.43. The Bertz CT molecular complexity index is 666. The van der Waals surface area contributed by atoms with Gasteiger partial charge in [-0.15, -0.1) is 12.4 Å². The molecular formula is C13H22ClN7O2. The van der Waals surface area contributed by atoms with Gasteiger partial charge < -0.3 is 21.4 Å². The zero-order chi connectivity index (χ0) is 16.3. The average Bonchev–Trinajstić information content (AvgIpc) is 2.46. The van der Waals surface area contributed by atoms with E-state index in [9.17, 15) is 10.2 Å². The van der Waals surface area contributed by atoms with Gasteiger partial charge in [0.2, 0.25) is 11.7 Å². The number of hydrogen-bond donors (Lipinski definition) is 5. The fourth-order valence-electron chi connectivity index (χ4n) is 1.72. The fourth-order valence-corrected chi connectivity index (χ4v) is 1.72. The van der Waals surface area contributed by atoms with E-state index in [0.29, 0.717) is 23.8 Å². The lowest BCUT2D eigenvalue weighted by Crippen LogP contribution is -2.28. The normalized spacial score (nSPS) is 11.6. The van der Waals surface area contributed by atoms with Crippen molar-refractivity contribution in [3.63, 3.8) is 0 Å². The predicted octanol–water partition coefficient (Wildman–Crippen LogP) is 0.544. The zero-order valence-electron chi connectivity index (χ0n) is 13.2. The molecule has 0 atom stereocenters. The molecular weight excluding hydrogens is 322 g/mol. The van der Waals surface area contributed by atoms with Crippen LogP contribution >= 0.6 is 12.4 Å². The highest BCUT2D eigenvalue weighted by Gasteiger charge is 2.26. The molecule has 0 unspecified atom stereocenters. The summed E-state index contributed by atoms with van der Waals surface area (Å²) in [6, 6.07) is 0. The molecule has 0 aliphatic carbocycles. The van der Waals surface area contributed by atoms with Crippen LogP contribution in [0.5, 0.6) is 0 Å². The summed E-state index contributed by atoms with van der Waals surface area (Å²) in [6.07, 6.45) is 1.35. The summed E-state index contributed by atoms with van der Waals surface area (Å²) >= 11 is 0. The minimum absolute atomic E-state index is 0. The monoisotopic (exact) mass is 343 g/mol. The molecule has 0 spiro atoms. The number of nitrogens with one attached hydrogen (secondary N) is 2. The number of hydrogen-bond acceptors (Lipinski definition) is 9. The highest BCUT2D eigenvalue weighted by atomic mass is 35.5. The molecule has 128 valence electrons. The molecule has 0 fully saturated rings. The number of rotatable bonds is 6. The van der Waals surface area contributed by atoms with Crippen molar-refractivity contribution in [3.05, 3.63) is 11.9 Å². The third-order valence-corrected chi connectivity index (χ3v) is 3.04. The molecule has 0 amide bonds. The number of hydrazine groups is 1. The van der Waals surface area contributed by atoms with Gasteiger partial charge in [-0.2, -0.15) is 9.97 Å². The Morgan fingerprint density at radius 3 is 2.57 bits per heavy atom. The van der Waals surface area contributed by atoms with Crippen molar-refractivity contribution < 1.29 is 10.2 Å². The van der Waals surface area contributed by atoms with Crippen LogP contribution in [0, 0.1) is 5.92 Å². The first-order valence-electron chi connectivity index (χ1n) is 7.08. The van der Waals surface area contributed by atoms with Gasteiger partial charge in [-0.1, -0.05) is 20.8 Å². The van der Waals surface area contributed by atoms with Crippen LogP contribution in [0.4, 0.5) is 11.8 Å².